The third-order valence-electron chi connectivity index (χ3n) is 2.34. The quantitative estimate of drug-likeness (QED) is 0.738. The van der Waals surface area contributed by atoms with Crippen molar-refractivity contribution in [3.8, 4) is 0 Å². The summed E-state index contributed by atoms with van der Waals surface area (Å²) >= 11 is 5.89. The Labute approximate surface area is 92.6 Å². The molecule has 78 valence electrons. The van der Waals surface area contributed by atoms with E-state index >= 15 is 0 Å². The van der Waals surface area contributed by atoms with Crippen LogP contribution in [-0.2, 0) is 0 Å². The van der Waals surface area contributed by atoms with Crippen LogP contribution in [0.5, 0.6) is 0 Å². The number of aromatic nitrogens is 1. The summed E-state index contributed by atoms with van der Waals surface area (Å²) < 4.78 is 1.14. The first-order valence-electron chi connectivity index (χ1n) is 4.59. The van der Waals surface area contributed by atoms with Crippen molar-refractivity contribution >= 4 is 28.4 Å². The molecule has 1 heterocycles. The highest BCUT2D eigenvalue weighted by atomic mass is 35.5. The van der Waals surface area contributed by atoms with Crippen LogP contribution in [0.1, 0.15) is 0 Å². The molecule has 0 saturated heterocycles. The van der Waals surface area contributed by atoms with Gasteiger partial charge in [-0.15, -0.1) is 0 Å². The SMILES string of the molecule is CN(C)c1ccc2ccc(=O)n(Cl)c2c1. The van der Waals surface area contributed by atoms with Gasteiger partial charge in [0.2, 0.25) is 0 Å². The van der Waals surface area contributed by atoms with Crippen LogP contribution in [0.4, 0.5) is 5.69 Å². The van der Waals surface area contributed by atoms with Gasteiger partial charge in [-0.25, -0.2) is 4.09 Å². The smallest absolute Gasteiger partial charge is 0.265 e. The Hall–Kier alpha value is -1.48. The molecule has 0 radical (unpaired) electrons. The Bertz CT molecular complexity index is 560. The molecule has 0 aliphatic rings. The molecule has 0 bridgehead atoms. The minimum Gasteiger partial charge on any atom is -0.378 e. The molecule has 1 aromatic heterocycles. The number of anilines is 1. The van der Waals surface area contributed by atoms with Crippen LogP contribution >= 0.6 is 11.8 Å². The monoisotopic (exact) mass is 222 g/mol. The first-order chi connectivity index (χ1) is 7.09. The van der Waals surface area contributed by atoms with Crippen LogP contribution in [0.15, 0.2) is 35.1 Å². The molecule has 2 aromatic rings. The molecule has 4 heteroatoms. The summed E-state index contributed by atoms with van der Waals surface area (Å²) in [5.41, 5.74) is 1.54. The topological polar surface area (TPSA) is 25.2 Å². The van der Waals surface area contributed by atoms with Crippen LogP contribution in [-0.4, -0.2) is 18.2 Å². The van der Waals surface area contributed by atoms with Crippen molar-refractivity contribution in [1.29, 1.82) is 0 Å². The molecule has 0 spiro atoms. The van der Waals surface area contributed by atoms with Crippen molar-refractivity contribution in [3.05, 3.63) is 40.7 Å². The molecular weight excluding hydrogens is 212 g/mol. The molecule has 1 aromatic carbocycles. The lowest BCUT2D eigenvalue weighted by Crippen LogP contribution is -2.12. The molecular formula is C11H11ClN2O. The molecule has 0 unspecified atom stereocenters. The van der Waals surface area contributed by atoms with Crippen molar-refractivity contribution in [2.45, 2.75) is 0 Å². The first kappa shape index (κ1) is 10.1. The van der Waals surface area contributed by atoms with E-state index in [1.165, 1.54) is 6.07 Å². The largest absolute Gasteiger partial charge is 0.378 e. The summed E-state index contributed by atoms with van der Waals surface area (Å²) in [6, 6.07) is 9.07. The summed E-state index contributed by atoms with van der Waals surface area (Å²) in [7, 11) is 3.89. The zero-order valence-corrected chi connectivity index (χ0v) is 9.32. The van der Waals surface area contributed by atoms with Crippen molar-refractivity contribution in [3.63, 3.8) is 0 Å². The van der Waals surface area contributed by atoms with E-state index in [0.29, 0.717) is 0 Å². The lowest BCUT2D eigenvalue weighted by Gasteiger charge is -2.13. The standard InChI is InChI=1S/C11H11ClN2O/c1-13(2)9-5-3-8-4-6-11(15)14(12)10(8)7-9/h3-7H,1-2H3. The lowest BCUT2D eigenvalue weighted by molar-refractivity contribution is 1.13. The van der Waals surface area contributed by atoms with Crippen molar-refractivity contribution in [2.75, 3.05) is 19.0 Å². The van der Waals surface area contributed by atoms with E-state index in [1.807, 2.05) is 37.2 Å². The number of benzene rings is 1. The minimum absolute atomic E-state index is 0.208. The minimum atomic E-state index is -0.208. The molecule has 0 amide bonds. The fourth-order valence-corrected chi connectivity index (χ4v) is 1.67. The number of pyridine rings is 1. The third kappa shape index (κ3) is 1.70. The summed E-state index contributed by atoms with van der Waals surface area (Å²) in [4.78, 5) is 13.3. The van der Waals surface area contributed by atoms with Crippen molar-refractivity contribution in [1.82, 2.24) is 4.09 Å². The Kier molecular flexibility index (Phi) is 2.40. The van der Waals surface area contributed by atoms with Crippen molar-refractivity contribution < 1.29 is 0 Å². The second-order valence-corrected chi connectivity index (χ2v) is 3.93. The Morgan fingerprint density at radius 3 is 2.53 bits per heavy atom. The number of hydrogen-bond acceptors (Lipinski definition) is 2. The fraction of sp³-hybridized carbons (Fsp3) is 0.182. The fourth-order valence-electron chi connectivity index (χ4n) is 1.47. The van der Waals surface area contributed by atoms with E-state index in [1.54, 1.807) is 6.07 Å². The van der Waals surface area contributed by atoms with E-state index in [2.05, 4.69) is 0 Å². The van der Waals surface area contributed by atoms with Crippen LogP contribution in [0.25, 0.3) is 10.9 Å². The molecule has 3 nitrogen and oxygen atoms in total. The molecule has 0 fully saturated rings. The third-order valence-corrected chi connectivity index (χ3v) is 2.69. The highest BCUT2D eigenvalue weighted by Crippen LogP contribution is 2.19. The van der Waals surface area contributed by atoms with E-state index < -0.39 is 0 Å². The highest BCUT2D eigenvalue weighted by Gasteiger charge is 2.02. The summed E-state index contributed by atoms with van der Waals surface area (Å²) in [6.45, 7) is 0. The Morgan fingerprint density at radius 1 is 1.20 bits per heavy atom. The van der Waals surface area contributed by atoms with Gasteiger partial charge in [0.15, 0.2) is 0 Å². The maximum Gasteiger partial charge on any atom is 0.265 e. The number of halogens is 1. The van der Waals surface area contributed by atoms with Gasteiger partial charge in [0.1, 0.15) is 0 Å². The van der Waals surface area contributed by atoms with Crippen molar-refractivity contribution in [2.24, 2.45) is 0 Å². The number of nitrogens with zero attached hydrogens (tertiary/aromatic N) is 2. The number of fused-ring (bicyclic) bond motifs is 1. The lowest BCUT2D eigenvalue weighted by atomic mass is 10.2. The Morgan fingerprint density at radius 2 is 1.87 bits per heavy atom. The molecule has 2 rings (SSSR count). The van der Waals surface area contributed by atoms with Crippen LogP contribution in [0.2, 0.25) is 0 Å². The predicted molar refractivity (Wildman–Crippen MR) is 63.8 cm³/mol. The van der Waals surface area contributed by atoms with Gasteiger partial charge in [-0.1, -0.05) is 6.07 Å². The van der Waals surface area contributed by atoms with Crippen LogP contribution in [0.3, 0.4) is 0 Å². The molecule has 0 atom stereocenters. The van der Waals surface area contributed by atoms with Gasteiger partial charge in [-0.05, 0) is 23.6 Å². The molecule has 0 saturated carbocycles. The molecule has 0 aliphatic heterocycles. The molecule has 0 N–H and O–H groups in total. The van der Waals surface area contributed by atoms with Gasteiger partial charge in [0.05, 0.1) is 5.52 Å². The normalized spacial score (nSPS) is 10.6. The van der Waals surface area contributed by atoms with Gasteiger partial charge >= 0.3 is 0 Å². The summed E-state index contributed by atoms with van der Waals surface area (Å²) in [5.74, 6) is 0. The first-order valence-corrected chi connectivity index (χ1v) is 4.93. The molecule has 15 heavy (non-hydrogen) atoms. The van der Waals surface area contributed by atoms with E-state index in [4.69, 9.17) is 11.8 Å². The highest BCUT2D eigenvalue weighted by molar-refractivity contribution is 6.18. The van der Waals surface area contributed by atoms with Gasteiger partial charge in [-0.2, -0.15) is 0 Å². The van der Waals surface area contributed by atoms with Gasteiger partial charge in [0.25, 0.3) is 5.56 Å². The molecule has 0 aliphatic carbocycles. The van der Waals surface area contributed by atoms with Gasteiger partial charge in [-0.3, -0.25) is 4.79 Å². The predicted octanol–water partition coefficient (Wildman–Crippen LogP) is 2.07. The zero-order valence-electron chi connectivity index (χ0n) is 8.57. The maximum atomic E-state index is 11.3. The van der Waals surface area contributed by atoms with Gasteiger partial charge < -0.3 is 4.90 Å². The van der Waals surface area contributed by atoms with Crippen LogP contribution in [0, 0.1) is 0 Å². The zero-order chi connectivity index (χ0) is 11.0. The summed E-state index contributed by atoms with van der Waals surface area (Å²) in [5, 5.41) is 0.954. The summed E-state index contributed by atoms with van der Waals surface area (Å²) in [6.07, 6.45) is 0. The number of hydrogen-bond donors (Lipinski definition) is 0. The average molecular weight is 223 g/mol. The van der Waals surface area contributed by atoms with E-state index in [9.17, 15) is 4.79 Å². The van der Waals surface area contributed by atoms with E-state index in [0.717, 1.165) is 20.7 Å². The number of rotatable bonds is 1. The van der Waals surface area contributed by atoms with Gasteiger partial charge in [0, 0.05) is 37.6 Å². The second-order valence-electron chi connectivity index (χ2n) is 3.59. The van der Waals surface area contributed by atoms with Crippen LogP contribution < -0.4 is 10.5 Å². The average Bonchev–Trinajstić information content (AvgIpc) is 2.23. The van der Waals surface area contributed by atoms with E-state index in [-0.39, 0.29) is 5.56 Å². The Balaban J connectivity index is 2.79. The maximum absolute atomic E-state index is 11.3. The second kappa shape index (κ2) is 3.59.